The number of benzene rings is 1. The Bertz CT molecular complexity index is 320. The van der Waals surface area contributed by atoms with Gasteiger partial charge < -0.3 is 10.1 Å². The summed E-state index contributed by atoms with van der Waals surface area (Å²) in [5.74, 6) is 0.966. The van der Waals surface area contributed by atoms with Crippen LogP contribution < -0.4 is 10.1 Å². The van der Waals surface area contributed by atoms with E-state index >= 15 is 0 Å². The molecule has 0 aliphatic heterocycles. The molecule has 0 bridgehead atoms. The molecule has 2 rings (SSSR count). The van der Waals surface area contributed by atoms with Crippen LogP contribution in [0, 0.1) is 0 Å². The number of unbranched alkanes of at least 4 members (excludes halogenated alkanes) is 1. The molecule has 1 saturated carbocycles. The lowest BCUT2D eigenvalue weighted by atomic mass is 10.1. The molecule has 0 aromatic heterocycles. The van der Waals surface area contributed by atoms with E-state index in [1.165, 1.54) is 37.8 Å². The maximum Gasteiger partial charge on any atom is 0.119 e. The molecule has 1 fully saturated rings. The van der Waals surface area contributed by atoms with Gasteiger partial charge in [0.1, 0.15) is 5.75 Å². The second kappa shape index (κ2) is 5.90. The smallest absolute Gasteiger partial charge is 0.119 e. The molecule has 1 aliphatic rings. The van der Waals surface area contributed by atoms with Crippen LogP contribution in [0.4, 0.5) is 0 Å². The molecule has 0 saturated heterocycles. The van der Waals surface area contributed by atoms with Gasteiger partial charge in [-0.05, 0) is 56.3 Å². The molecule has 0 amide bonds. The molecule has 1 N–H and O–H groups in total. The van der Waals surface area contributed by atoms with Crippen LogP contribution in [0.1, 0.15) is 31.2 Å². The van der Waals surface area contributed by atoms with E-state index in [9.17, 15) is 0 Å². The van der Waals surface area contributed by atoms with Crippen LogP contribution in [0.15, 0.2) is 24.3 Å². The summed E-state index contributed by atoms with van der Waals surface area (Å²) in [6.45, 7) is 1.18. The van der Waals surface area contributed by atoms with E-state index in [-0.39, 0.29) is 0 Å². The molecule has 16 heavy (non-hydrogen) atoms. The fourth-order valence-electron chi connectivity index (χ4n) is 1.88. The summed E-state index contributed by atoms with van der Waals surface area (Å²) in [6.07, 6.45) is 6.45. The Morgan fingerprint density at radius 3 is 2.94 bits per heavy atom. The van der Waals surface area contributed by atoms with Gasteiger partial charge >= 0.3 is 0 Å². The fourth-order valence-corrected chi connectivity index (χ4v) is 1.88. The predicted molar refractivity (Wildman–Crippen MR) is 67.0 cm³/mol. The number of hydrogen-bond acceptors (Lipinski definition) is 2. The number of aryl methyl sites for hydroxylation is 1. The zero-order valence-electron chi connectivity index (χ0n) is 10.0. The summed E-state index contributed by atoms with van der Waals surface area (Å²) < 4.78 is 5.21. The van der Waals surface area contributed by atoms with Crippen LogP contribution in [0.3, 0.4) is 0 Å². The first kappa shape index (κ1) is 11.5. The van der Waals surface area contributed by atoms with Crippen molar-refractivity contribution in [2.24, 2.45) is 0 Å². The minimum atomic E-state index is 0.844. The second-order valence-electron chi connectivity index (χ2n) is 4.54. The Kier molecular flexibility index (Phi) is 4.23. The van der Waals surface area contributed by atoms with Crippen molar-refractivity contribution < 1.29 is 4.74 Å². The van der Waals surface area contributed by atoms with Gasteiger partial charge in [-0.25, -0.2) is 0 Å². The van der Waals surface area contributed by atoms with Crippen molar-refractivity contribution in [3.8, 4) is 5.75 Å². The highest BCUT2D eigenvalue weighted by Crippen LogP contribution is 2.18. The number of rotatable bonds is 7. The zero-order chi connectivity index (χ0) is 11.2. The maximum absolute atomic E-state index is 5.21. The zero-order valence-corrected chi connectivity index (χ0v) is 10.0. The molecular formula is C14H21NO. The number of hydrogen-bond donors (Lipinski definition) is 1. The van der Waals surface area contributed by atoms with Gasteiger partial charge in [-0.1, -0.05) is 12.1 Å². The van der Waals surface area contributed by atoms with Crippen LogP contribution in [0.25, 0.3) is 0 Å². The van der Waals surface area contributed by atoms with Crippen LogP contribution in [-0.4, -0.2) is 19.7 Å². The topological polar surface area (TPSA) is 21.3 Å². The Morgan fingerprint density at radius 1 is 1.31 bits per heavy atom. The van der Waals surface area contributed by atoms with Crippen molar-refractivity contribution in [1.29, 1.82) is 0 Å². The third-order valence-corrected chi connectivity index (χ3v) is 3.04. The van der Waals surface area contributed by atoms with Gasteiger partial charge in [-0.3, -0.25) is 0 Å². The Morgan fingerprint density at radius 2 is 2.19 bits per heavy atom. The summed E-state index contributed by atoms with van der Waals surface area (Å²) in [5, 5.41) is 3.54. The summed E-state index contributed by atoms with van der Waals surface area (Å²) in [5.41, 5.74) is 1.38. The van der Waals surface area contributed by atoms with Gasteiger partial charge in [0.25, 0.3) is 0 Å². The molecule has 1 aliphatic carbocycles. The molecule has 2 heteroatoms. The highest BCUT2D eigenvalue weighted by Gasteiger charge is 2.19. The van der Waals surface area contributed by atoms with Crippen molar-refractivity contribution in [2.45, 2.75) is 38.1 Å². The van der Waals surface area contributed by atoms with Gasteiger partial charge in [0.05, 0.1) is 7.11 Å². The quantitative estimate of drug-likeness (QED) is 0.712. The SMILES string of the molecule is COc1cccc(CCCCNC2CC2)c1. The van der Waals surface area contributed by atoms with E-state index in [4.69, 9.17) is 4.74 Å². The highest BCUT2D eigenvalue weighted by atomic mass is 16.5. The Labute approximate surface area is 98.0 Å². The van der Waals surface area contributed by atoms with E-state index in [2.05, 4.69) is 23.5 Å². The first-order valence-corrected chi connectivity index (χ1v) is 6.25. The van der Waals surface area contributed by atoms with Crippen molar-refractivity contribution in [1.82, 2.24) is 5.32 Å². The van der Waals surface area contributed by atoms with Crippen molar-refractivity contribution in [3.05, 3.63) is 29.8 Å². The van der Waals surface area contributed by atoms with E-state index < -0.39 is 0 Å². The van der Waals surface area contributed by atoms with Crippen LogP contribution in [0.2, 0.25) is 0 Å². The van der Waals surface area contributed by atoms with Crippen LogP contribution >= 0.6 is 0 Å². The number of nitrogens with one attached hydrogen (secondary N) is 1. The average Bonchev–Trinajstić information content (AvgIpc) is 3.13. The standard InChI is InChI=1S/C14H21NO/c1-16-14-7-4-6-12(11-14)5-2-3-10-15-13-8-9-13/h4,6-7,11,13,15H,2-3,5,8-10H2,1H3. The monoisotopic (exact) mass is 219 g/mol. The number of ether oxygens (including phenoxy) is 1. The fraction of sp³-hybridized carbons (Fsp3) is 0.571. The molecule has 1 aromatic carbocycles. The molecule has 0 atom stereocenters. The minimum Gasteiger partial charge on any atom is -0.497 e. The highest BCUT2D eigenvalue weighted by molar-refractivity contribution is 5.28. The van der Waals surface area contributed by atoms with Crippen LogP contribution in [-0.2, 0) is 6.42 Å². The van der Waals surface area contributed by atoms with E-state index in [0.29, 0.717) is 0 Å². The average molecular weight is 219 g/mol. The lowest BCUT2D eigenvalue weighted by molar-refractivity contribution is 0.414. The first-order valence-electron chi connectivity index (χ1n) is 6.25. The molecule has 0 radical (unpaired) electrons. The van der Waals surface area contributed by atoms with Crippen molar-refractivity contribution in [3.63, 3.8) is 0 Å². The molecule has 0 spiro atoms. The third-order valence-electron chi connectivity index (χ3n) is 3.04. The Balaban J connectivity index is 1.63. The lowest BCUT2D eigenvalue weighted by Crippen LogP contribution is -2.17. The molecule has 88 valence electrons. The van der Waals surface area contributed by atoms with Crippen LogP contribution in [0.5, 0.6) is 5.75 Å². The summed E-state index contributed by atoms with van der Waals surface area (Å²) in [6, 6.07) is 9.22. The molecule has 0 heterocycles. The van der Waals surface area contributed by atoms with Gasteiger partial charge in [0.15, 0.2) is 0 Å². The maximum atomic E-state index is 5.21. The summed E-state index contributed by atoms with van der Waals surface area (Å²) >= 11 is 0. The van der Waals surface area contributed by atoms with Gasteiger partial charge in [0, 0.05) is 6.04 Å². The van der Waals surface area contributed by atoms with Gasteiger partial charge in [-0.2, -0.15) is 0 Å². The first-order chi connectivity index (χ1) is 7.88. The van der Waals surface area contributed by atoms with E-state index in [1.54, 1.807) is 7.11 Å². The predicted octanol–water partition coefficient (Wildman–Crippen LogP) is 2.77. The van der Waals surface area contributed by atoms with Gasteiger partial charge in [0.2, 0.25) is 0 Å². The second-order valence-corrected chi connectivity index (χ2v) is 4.54. The van der Waals surface area contributed by atoms with Crippen molar-refractivity contribution in [2.75, 3.05) is 13.7 Å². The molecular weight excluding hydrogens is 198 g/mol. The van der Waals surface area contributed by atoms with Gasteiger partial charge in [-0.15, -0.1) is 0 Å². The Hall–Kier alpha value is -1.02. The minimum absolute atomic E-state index is 0.844. The van der Waals surface area contributed by atoms with Crippen molar-refractivity contribution >= 4 is 0 Å². The summed E-state index contributed by atoms with van der Waals surface area (Å²) in [4.78, 5) is 0. The molecule has 0 unspecified atom stereocenters. The molecule has 2 nitrogen and oxygen atoms in total. The largest absolute Gasteiger partial charge is 0.497 e. The van der Waals surface area contributed by atoms with E-state index in [1.807, 2.05) is 6.07 Å². The number of methoxy groups -OCH3 is 1. The normalized spacial score (nSPS) is 15.1. The summed E-state index contributed by atoms with van der Waals surface area (Å²) in [7, 11) is 1.72. The lowest BCUT2D eigenvalue weighted by Gasteiger charge is -2.05. The third kappa shape index (κ3) is 3.86. The van der Waals surface area contributed by atoms with E-state index in [0.717, 1.165) is 18.2 Å². The molecule has 1 aromatic rings.